The number of hydrogen-bond acceptors (Lipinski definition) is 4. The third-order valence-electron chi connectivity index (χ3n) is 3.67. The number of benzene rings is 1. The Morgan fingerprint density at radius 2 is 2.05 bits per heavy atom. The maximum Gasteiger partial charge on any atom is 0.407 e. The molecule has 1 fully saturated rings. The van der Waals surface area contributed by atoms with Gasteiger partial charge in [-0.05, 0) is 24.7 Å². The normalized spacial score (nSPS) is 16.8. The highest BCUT2D eigenvalue weighted by Crippen LogP contribution is 2.50. The summed E-state index contributed by atoms with van der Waals surface area (Å²) in [5, 5.41) is 11.7. The van der Waals surface area contributed by atoms with Crippen molar-refractivity contribution in [3.05, 3.63) is 35.9 Å². The van der Waals surface area contributed by atoms with Crippen LogP contribution in [0, 0.1) is 0 Å². The lowest BCUT2D eigenvalue weighted by molar-refractivity contribution is -0.137. The number of thioether (sulfide) groups is 1. The van der Waals surface area contributed by atoms with E-state index in [2.05, 4.69) is 5.32 Å². The van der Waals surface area contributed by atoms with Crippen LogP contribution in [0.4, 0.5) is 4.79 Å². The molecular formula is C15H19NO4S. The van der Waals surface area contributed by atoms with Gasteiger partial charge in [0.25, 0.3) is 0 Å². The van der Waals surface area contributed by atoms with Crippen LogP contribution in [-0.2, 0) is 16.1 Å². The summed E-state index contributed by atoms with van der Waals surface area (Å²) in [6.45, 7) is 0.179. The van der Waals surface area contributed by atoms with Gasteiger partial charge >= 0.3 is 12.1 Å². The number of alkyl carbamates (subject to hydrolysis) is 1. The van der Waals surface area contributed by atoms with Crippen molar-refractivity contribution >= 4 is 23.8 Å². The molecule has 1 amide bonds. The van der Waals surface area contributed by atoms with E-state index in [9.17, 15) is 9.59 Å². The third-order valence-corrected chi connectivity index (χ3v) is 5.17. The highest BCUT2D eigenvalue weighted by molar-refractivity contribution is 8.00. The standard InChI is InChI=1S/C15H19NO4S/c1-21-15(7-8-15)12(9-13(17)18)16-14(19)20-10-11-5-3-2-4-6-11/h2-6,12H,7-10H2,1H3,(H,16,19)(H,17,18). The molecule has 1 aromatic rings. The molecule has 0 saturated heterocycles. The second kappa shape index (κ2) is 6.85. The summed E-state index contributed by atoms with van der Waals surface area (Å²) in [5.74, 6) is -0.913. The first-order chi connectivity index (χ1) is 10.1. The summed E-state index contributed by atoms with van der Waals surface area (Å²) in [7, 11) is 0. The molecule has 0 spiro atoms. The molecule has 5 nitrogen and oxygen atoms in total. The van der Waals surface area contributed by atoms with Crippen molar-refractivity contribution in [2.75, 3.05) is 6.26 Å². The first-order valence-electron chi connectivity index (χ1n) is 6.80. The predicted molar refractivity (Wildman–Crippen MR) is 81.3 cm³/mol. The van der Waals surface area contributed by atoms with Crippen molar-refractivity contribution in [2.24, 2.45) is 0 Å². The van der Waals surface area contributed by atoms with Gasteiger partial charge in [0.2, 0.25) is 0 Å². The van der Waals surface area contributed by atoms with Crippen LogP contribution in [0.3, 0.4) is 0 Å². The number of rotatable bonds is 7. The second-order valence-corrected chi connectivity index (χ2v) is 6.35. The van der Waals surface area contributed by atoms with Gasteiger partial charge < -0.3 is 15.2 Å². The van der Waals surface area contributed by atoms with Crippen molar-refractivity contribution in [2.45, 2.75) is 36.7 Å². The number of amides is 1. The summed E-state index contributed by atoms with van der Waals surface area (Å²) >= 11 is 1.61. The van der Waals surface area contributed by atoms with Crippen molar-refractivity contribution in [1.29, 1.82) is 0 Å². The lowest BCUT2D eigenvalue weighted by atomic mass is 10.1. The quantitative estimate of drug-likeness (QED) is 0.810. The van der Waals surface area contributed by atoms with E-state index in [0.717, 1.165) is 18.4 Å². The van der Waals surface area contributed by atoms with Gasteiger partial charge in [0, 0.05) is 4.75 Å². The first-order valence-corrected chi connectivity index (χ1v) is 8.02. The maximum absolute atomic E-state index is 11.9. The summed E-state index contributed by atoms with van der Waals surface area (Å²) < 4.78 is 5.01. The Labute approximate surface area is 128 Å². The molecule has 0 aliphatic heterocycles. The molecular weight excluding hydrogens is 290 g/mol. The molecule has 0 radical (unpaired) electrons. The summed E-state index contributed by atoms with van der Waals surface area (Å²) in [6, 6.07) is 8.97. The topological polar surface area (TPSA) is 75.6 Å². The number of carboxylic acid groups (broad SMARTS) is 1. The Morgan fingerprint density at radius 3 is 2.57 bits per heavy atom. The van der Waals surface area contributed by atoms with Crippen molar-refractivity contribution in [3.63, 3.8) is 0 Å². The SMILES string of the molecule is CSC1(C(CC(=O)O)NC(=O)OCc2ccccc2)CC1. The molecule has 21 heavy (non-hydrogen) atoms. The molecule has 0 heterocycles. The van der Waals surface area contributed by atoms with E-state index in [-0.39, 0.29) is 17.8 Å². The minimum Gasteiger partial charge on any atom is -0.481 e. The van der Waals surface area contributed by atoms with Gasteiger partial charge in [-0.15, -0.1) is 0 Å². The van der Waals surface area contributed by atoms with Crippen molar-refractivity contribution < 1.29 is 19.4 Å². The van der Waals surface area contributed by atoms with E-state index in [1.165, 1.54) is 0 Å². The minimum atomic E-state index is -0.913. The molecule has 2 rings (SSSR count). The van der Waals surface area contributed by atoms with Gasteiger partial charge in [-0.3, -0.25) is 4.79 Å². The van der Waals surface area contributed by atoms with Crippen molar-refractivity contribution in [1.82, 2.24) is 5.32 Å². The average molecular weight is 309 g/mol. The largest absolute Gasteiger partial charge is 0.481 e. The monoisotopic (exact) mass is 309 g/mol. The first kappa shape index (κ1) is 15.7. The van der Waals surface area contributed by atoms with Crippen LogP contribution in [0.5, 0.6) is 0 Å². The number of hydrogen-bond donors (Lipinski definition) is 2. The third kappa shape index (κ3) is 4.39. The number of aliphatic carboxylic acids is 1. The van der Waals surface area contributed by atoms with Crippen LogP contribution in [0.15, 0.2) is 30.3 Å². The Hall–Kier alpha value is -1.69. The van der Waals surface area contributed by atoms with E-state index >= 15 is 0 Å². The maximum atomic E-state index is 11.9. The highest BCUT2D eigenvalue weighted by atomic mass is 32.2. The molecule has 2 N–H and O–H groups in total. The Kier molecular flexibility index (Phi) is 5.12. The van der Waals surface area contributed by atoms with E-state index in [0.29, 0.717) is 0 Å². The fraction of sp³-hybridized carbons (Fsp3) is 0.467. The van der Waals surface area contributed by atoms with Crippen LogP contribution in [-0.4, -0.2) is 34.2 Å². The zero-order chi connectivity index (χ0) is 15.3. The minimum absolute atomic E-state index is 0.0821. The van der Waals surface area contributed by atoms with Gasteiger partial charge in [0.05, 0.1) is 12.5 Å². The van der Waals surface area contributed by atoms with Gasteiger partial charge in [-0.2, -0.15) is 11.8 Å². The highest BCUT2D eigenvalue weighted by Gasteiger charge is 2.50. The number of ether oxygens (including phenoxy) is 1. The zero-order valence-electron chi connectivity index (χ0n) is 11.9. The molecule has 1 unspecified atom stereocenters. The van der Waals surface area contributed by atoms with Crippen LogP contribution >= 0.6 is 11.8 Å². The van der Waals surface area contributed by atoms with Crippen LogP contribution < -0.4 is 5.32 Å². The number of nitrogens with one attached hydrogen (secondary N) is 1. The van der Waals surface area contributed by atoms with E-state index in [1.54, 1.807) is 11.8 Å². The molecule has 1 aliphatic rings. The molecule has 114 valence electrons. The molecule has 1 atom stereocenters. The van der Waals surface area contributed by atoms with Gasteiger partial charge in [0.15, 0.2) is 0 Å². The van der Waals surface area contributed by atoms with Crippen molar-refractivity contribution in [3.8, 4) is 0 Å². The Morgan fingerprint density at radius 1 is 1.38 bits per heavy atom. The number of carbonyl (C=O) groups is 2. The predicted octanol–water partition coefficient (Wildman–Crippen LogP) is 2.65. The van der Waals surface area contributed by atoms with Crippen LogP contribution in [0.25, 0.3) is 0 Å². The number of carbonyl (C=O) groups excluding carboxylic acids is 1. The Balaban J connectivity index is 1.88. The molecule has 1 aromatic carbocycles. The van der Waals surface area contributed by atoms with Crippen LogP contribution in [0.2, 0.25) is 0 Å². The lowest BCUT2D eigenvalue weighted by Gasteiger charge is -2.24. The summed E-state index contributed by atoms with van der Waals surface area (Å²) in [4.78, 5) is 22.8. The molecule has 0 aromatic heterocycles. The van der Waals surface area contributed by atoms with Gasteiger partial charge in [0.1, 0.15) is 6.61 Å². The lowest BCUT2D eigenvalue weighted by Crippen LogP contribution is -2.44. The van der Waals surface area contributed by atoms with Crippen LogP contribution in [0.1, 0.15) is 24.8 Å². The average Bonchev–Trinajstić information content (AvgIpc) is 3.26. The number of carboxylic acids is 1. The van der Waals surface area contributed by atoms with E-state index in [4.69, 9.17) is 9.84 Å². The molecule has 1 saturated carbocycles. The molecule has 6 heteroatoms. The fourth-order valence-electron chi connectivity index (χ4n) is 2.27. The van der Waals surface area contributed by atoms with Gasteiger partial charge in [-0.25, -0.2) is 4.79 Å². The fourth-order valence-corrected chi connectivity index (χ4v) is 3.21. The summed E-state index contributed by atoms with van der Waals surface area (Å²) in [6.07, 6.45) is 3.14. The molecule has 1 aliphatic carbocycles. The molecule has 0 bridgehead atoms. The zero-order valence-corrected chi connectivity index (χ0v) is 12.7. The van der Waals surface area contributed by atoms with Gasteiger partial charge in [-0.1, -0.05) is 30.3 Å². The van der Waals surface area contributed by atoms with E-state index in [1.807, 2.05) is 36.6 Å². The van der Waals surface area contributed by atoms with E-state index < -0.39 is 18.1 Å². The Bertz CT molecular complexity index is 502. The summed E-state index contributed by atoms with van der Waals surface area (Å²) in [5.41, 5.74) is 0.897. The second-order valence-electron chi connectivity index (χ2n) is 5.13. The smallest absolute Gasteiger partial charge is 0.407 e.